The Kier molecular flexibility index (Phi) is 3.57. The minimum absolute atomic E-state index is 0.114. The highest BCUT2D eigenvalue weighted by molar-refractivity contribution is 5.90. The van der Waals surface area contributed by atoms with Crippen LogP contribution in [0.5, 0.6) is 0 Å². The van der Waals surface area contributed by atoms with Gasteiger partial charge in [-0.05, 0) is 31.5 Å². The van der Waals surface area contributed by atoms with E-state index in [0.717, 1.165) is 28.1 Å². The smallest absolute Gasteiger partial charge is 0.352 e. The maximum absolute atomic E-state index is 12.4. The van der Waals surface area contributed by atoms with Crippen molar-refractivity contribution >= 4 is 11.6 Å². The van der Waals surface area contributed by atoms with Gasteiger partial charge < -0.3 is 5.73 Å². The van der Waals surface area contributed by atoms with Crippen LogP contribution in [0.2, 0.25) is 0 Å². The van der Waals surface area contributed by atoms with E-state index in [9.17, 15) is 4.79 Å². The molecule has 3 aromatic heterocycles. The lowest BCUT2D eigenvalue weighted by Gasteiger charge is -2.13. The summed E-state index contributed by atoms with van der Waals surface area (Å²) in [6.45, 7) is 3.87. The third-order valence-electron chi connectivity index (χ3n) is 4.26. The van der Waals surface area contributed by atoms with Crippen LogP contribution in [0.15, 0.2) is 47.3 Å². The Morgan fingerprint density at radius 1 is 0.962 bits per heavy atom. The lowest BCUT2D eigenvalue weighted by atomic mass is 9.99. The molecule has 0 saturated carbocycles. The van der Waals surface area contributed by atoms with Crippen LogP contribution in [0.3, 0.4) is 0 Å². The summed E-state index contributed by atoms with van der Waals surface area (Å²) in [7, 11) is 1.60. The number of pyridine rings is 1. The standard InChI is InChI=1S/C19H18N6O/c1-11-9-14(10-12(2)21-11)15-16(13-7-5-4-6-8-13)22-18(20)25-17(15)23-24(3)19(25)26/h4-10H,1-3H3,(H2,20,22). The molecular weight excluding hydrogens is 328 g/mol. The van der Waals surface area contributed by atoms with Gasteiger partial charge in [0.15, 0.2) is 5.65 Å². The molecule has 26 heavy (non-hydrogen) atoms. The average Bonchev–Trinajstić information content (AvgIpc) is 2.90. The summed E-state index contributed by atoms with van der Waals surface area (Å²) < 4.78 is 2.61. The van der Waals surface area contributed by atoms with Crippen LogP contribution < -0.4 is 11.4 Å². The van der Waals surface area contributed by atoms with E-state index < -0.39 is 0 Å². The van der Waals surface area contributed by atoms with Crippen LogP contribution in [-0.4, -0.2) is 24.1 Å². The Morgan fingerprint density at radius 3 is 2.27 bits per heavy atom. The molecule has 0 spiro atoms. The molecule has 7 nitrogen and oxygen atoms in total. The molecule has 0 saturated heterocycles. The molecule has 1 aromatic carbocycles. The number of anilines is 1. The van der Waals surface area contributed by atoms with Gasteiger partial charge in [-0.1, -0.05) is 30.3 Å². The molecule has 0 amide bonds. The Hall–Kier alpha value is -3.48. The minimum Gasteiger partial charge on any atom is -0.369 e. The molecule has 0 unspecified atom stereocenters. The fraction of sp³-hybridized carbons (Fsp3) is 0.158. The summed E-state index contributed by atoms with van der Waals surface area (Å²) in [5, 5.41) is 4.42. The second kappa shape index (κ2) is 5.80. The molecule has 4 rings (SSSR count). The number of aromatic nitrogens is 5. The Morgan fingerprint density at radius 2 is 1.62 bits per heavy atom. The molecule has 0 aliphatic heterocycles. The van der Waals surface area contributed by atoms with Gasteiger partial charge >= 0.3 is 5.69 Å². The zero-order chi connectivity index (χ0) is 18.4. The molecule has 130 valence electrons. The fourth-order valence-corrected chi connectivity index (χ4v) is 3.21. The molecule has 0 aliphatic carbocycles. The summed E-state index contributed by atoms with van der Waals surface area (Å²) in [6.07, 6.45) is 0. The maximum atomic E-state index is 12.4. The van der Waals surface area contributed by atoms with Gasteiger partial charge in [0.25, 0.3) is 0 Å². The van der Waals surface area contributed by atoms with Gasteiger partial charge in [-0.2, -0.15) is 0 Å². The summed E-state index contributed by atoms with van der Waals surface area (Å²) >= 11 is 0. The van der Waals surface area contributed by atoms with Gasteiger partial charge in [-0.3, -0.25) is 4.98 Å². The van der Waals surface area contributed by atoms with E-state index in [0.29, 0.717) is 11.3 Å². The van der Waals surface area contributed by atoms with E-state index in [-0.39, 0.29) is 11.6 Å². The second-order valence-electron chi connectivity index (χ2n) is 6.26. The van der Waals surface area contributed by atoms with Crippen molar-refractivity contribution in [1.82, 2.24) is 24.1 Å². The number of aryl methyl sites for hydroxylation is 3. The lowest BCUT2D eigenvalue weighted by Crippen LogP contribution is -2.20. The number of rotatable bonds is 2. The fourth-order valence-electron chi connectivity index (χ4n) is 3.21. The summed E-state index contributed by atoms with van der Waals surface area (Å²) in [4.78, 5) is 21.4. The Balaban J connectivity index is 2.19. The molecule has 2 N–H and O–H groups in total. The van der Waals surface area contributed by atoms with Crippen molar-refractivity contribution in [2.75, 3.05) is 5.73 Å². The van der Waals surface area contributed by atoms with Crippen molar-refractivity contribution in [3.8, 4) is 22.4 Å². The molecule has 0 radical (unpaired) electrons. The average molecular weight is 346 g/mol. The monoisotopic (exact) mass is 346 g/mol. The third-order valence-corrected chi connectivity index (χ3v) is 4.26. The lowest BCUT2D eigenvalue weighted by molar-refractivity contribution is 0.733. The van der Waals surface area contributed by atoms with Crippen LogP contribution in [0.1, 0.15) is 11.4 Å². The van der Waals surface area contributed by atoms with Crippen molar-refractivity contribution in [1.29, 1.82) is 0 Å². The predicted octanol–water partition coefficient (Wildman–Crippen LogP) is 2.36. The van der Waals surface area contributed by atoms with Gasteiger partial charge in [-0.15, -0.1) is 5.10 Å². The molecule has 0 fully saturated rings. The zero-order valence-corrected chi connectivity index (χ0v) is 14.8. The van der Waals surface area contributed by atoms with E-state index in [4.69, 9.17) is 5.73 Å². The number of hydrogen-bond donors (Lipinski definition) is 1. The summed E-state index contributed by atoms with van der Waals surface area (Å²) in [5.41, 5.74) is 11.3. The molecule has 4 aromatic rings. The minimum atomic E-state index is -0.326. The van der Waals surface area contributed by atoms with Crippen LogP contribution in [0.4, 0.5) is 5.95 Å². The first-order valence-corrected chi connectivity index (χ1v) is 8.22. The van der Waals surface area contributed by atoms with E-state index in [1.807, 2.05) is 56.3 Å². The van der Waals surface area contributed by atoms with E-state index in [2.05, 4.69) is 15.1 Å². The number of fused-ring (bicyclic) bond motifs is 1. The van der Waals surface area contributed by atoms with E-state index in [1.54, 1.807) is 7.05 Å². The van der Waals surface area contributed by atoms with Crippen molar-refractivity contribution in [3.63, 3.8) is 0 Å². The van der Waals surface area contributed by atoms with Crippen molar-refractivity contribution < 1.29 is 0 Å². The maximum Gasteiger partial charge on any atom is 0.352 e. The SMILES string of the molecule is Cc1cc(-c2c(-c3ccccc3)nc(N)n3c(=O)n(C)nc23)cc(C)n1. The van der Waals surface area contributed by atoms with Crippen LogP contribution in [0, 0.1) is 13.8 Å². The number of nitrogens with two attached hydrogens (primary N) is 1. The normalized spacial score (nSPS) is 11.2. The quantitative estimate of drug-likeness (QED) is 0.602. The van der Waals surface area contributed by atoms with Crippen LogP contribution in [0.25, 0.3) is 28.0 Å². The number of nitrogen functional groups attached to an aromatic ring is 1. The van der Waals surface area contributed by atoms with Crippen LogP contribution in [-0.2, 0) is 7.05 Å². The summed E-state index contributed by atoms with van der Waals surface area (Å²) in [5.74, 6) is 0.114. The third kappa shape index (κ3) is 2.45. The summed E-state index contributed by atoms with van der Waals surface area (Å²) in [6, 6.07) is 13.7. The van der Waals surface area contributed by atoms with E-state index in [1.165, 1.54) is 9.08 Å². The molecule has 3 heterocycles. The van der Waals surface area contributed by atoms with Crippen molar-refractivity contribution in [2.45, 2.75) is 13.8 Å². The Labute approximate surface area is 149 Å². The van der Waals surface area contributed by atoms with Gasteiger partial charge in [0.2, 0.25) is 5.95 Å². The number of nitrogens with zero attached hydrogens (tertiary/aromatic N) is 5. The van der Waals surface area contributed by atoms with E-state index >= 15 is 0 Å². The highest BCUT2D eigenvalue weighted by Crippen LogP contribution is 2.34. The van der Waals surface area contributed by atoms with Crippen LogP contribution >= 0.6 is 0 Å². The highest BCUT2D eigenvalue weighted by Gasteiger charge is 2.20. The highest BCUT2D eigenvalue weighted by atomic mass is 16.2. The first kappa shape index (κ1) is 16.0. The molecule has 7 heteroatoms. The van der Waals surface area contributed by atoms with Gasteiger partial charge in [0, 0.05) is 24.0 Å². The van der Waals surface area contributed by atoms with Crippen molar-refractivity contribution in [3.05, 3.63) is 64.3 Å². The number of hydrogen-bond acceptors (Lipinski definition) is 5. The first-order valence-electron chi connectivity index (χ1n) is 8.22. The van der Waals surface area contributed by atoms with Crippen molar-refractivity contribution in [2.24, 2.45) is 7.05 Å². The second-order valence-corrected chi connectivity index (χ2v) is 6.26. The first-order chi connectivity index (χ1) is 12.5. The van der Waals surface area contributed by atoms with Gasteiger partial charge in [-0.25, -0.2) is 18.9 Å². The van der Waals surface area contributed by atoms with Gasteiger partial charge in [0.05, 0.1) is 11.3 Å². The molecule has 0 bridgehead atoms. The Bertz CT molecular complexity index is 1170. The zero-order valence-electron chi connectivity index (χ0n) is 14.8. The molecule has 0 aliphatic rings. The molecular formula is C19H18N6O. The van der Waals surface area contributed by atoms with Gasteiger partial charge in [0.1, 0.15) is 0 Å². The number of benzene rings is 1. The topological polar surface area (TPSA) is 91.1 Å². The molecule has 0 atom stereocenters. The predicted molar refractivity (Wildman–Crippen MR) is 101 cm³/mol. The largest absolute Gasteiger partial charge is 0.369 e.